The highest BCUT2D eigenvalue weighted by molar-refractivity contribution is 9.10. The second-order valence-corrected chi connectivity index (χ2v) is 4.54. The first-order valence-electron chi connectivity index (χ1n) is 5.16. The number of hydrogen-bond donors (Lipinski definition) is 1. The Kier molecular flexibility index (Phi) is 5.29. The molecule has 1 unspecified atom stereocenters. The Hall–Kier alpha value is -0.380. The van der Waals surface area contributed by atoms with Crippen LogP contribution in [0.1, 0.15) is 24.1 Å². The van der Waals surface area contributed by atoms with Gasteiger partial charge in [-0.25, -0.2) is 0 Å². The third-order valence-corrected chi connectivity index (χ3v) is 2.71. The molecule has 0 saturated heterocycles. The van der Waals surface area contributed by atoms with E-state index >= 15 is 0 Å². The third-order valence-electron chi connectivity index (χ3n) is 2.25. The van der Waals surface area contributed by atoms with Crippen molar-refractivity contribution in [1.82, 2.24) is 5.32 Å². The molecule has 1 aromatic rings. The van der Waals surface area contributed by atoms with Crippen molar-refractivity contribution < 1.29 is 4.74 Å². The molecule has 1 atom stereocenters. The molecular weight excluding hydrogens is 254 g/mol. The Labute approximate surface area is 100 Å². The summed E-state index contributed by atoms with van der Waals surface area (Å²) in [6.07, 6.45) is 0. The molecule has 0 aliphatic heterocycles. The van der Waals surface area contributed by atoms with Gasteiger partial charge in [0, 0.05) is 11.6 Å². The maximum Gasteiger partial charge on any atom is 0.0657 e. The molecule has 1 N–H and O–H groups in total. The molecule has 15 heavy (non-hydrogen) atoms. The number of ether oxygens (including phenoxy) is 1. The number of benzene rings is 1. The van der Waals surface area contributed by atoms with Gasteiger partial charge in [0.2, 0.25) is 0 Å². The van der Waals surface area contributed by atoms with Crippen LogP contribution in [-0.2, 0) is 4.74 Å². The molecule has 0 fully saturated rings. The van der Waals surface area contributed by atoms with Gasteiger partial charge in [-0.2, -0.15) is 0 Å². The van der Waals surface area contributed by atoms with E-state index in [0.29, 0.717) is 6.61 Å². The van der Waals surface area contributed by atoms with E-state index in [-0.39, 0.29) is 6.04 Å². The summed E-state index contributed by atoms with van der Waals surface area (Å²) in [7, 11) is 1.73. The number of halogens is 1. The summed E-state index contributed by atoms with van der Waals surface area (Å²) < 4.78 is 6.33. The van der Waals surface area contributed by atoms with Crippen molar-refractivity contribution in [2.75, 3.05) is 20.3 Å². The minimum absolute atomic E-state index is 0.274. The Bertz CT molecular complexity index is 288. The fourth-order valence-corrected chi connectivity index (χ4v) is 2.28. The van der Waals surface area contributed by atoms with Crippen LogP contribution in [0.4, 0.5) is 0 Å². The molecule has 0 amide bonds. The van der Waals surface area contributed by atoms with Crippen LogP contribution in [0.3, 0.4) is 0 Å². The summed E-state index contributed by atoms with van der Waals surface area (Å²) in [5.41, 5.74) is 2.53. The van der Waals surface area contributed by atoms with Crippen LogP contribution in [0, 0.1) is 6.92 Å². The number of rotatable bonds is 5. The maximum atomic E-state index is 5.21. The number of aryl methyl sites for hydroxylation is 1. The lowest BCUT2D eigenvalue weighted by Gasteiger charge is -2.18. The first-order valence-corrected chi connectivity index (χ1v) is 5.96. The Morgan fingerprint density at radius 1 is 1.40 bits per heavy atom. The Morgan fingerprint density at radius 2 is 2.13 bits per heavy atom. The van der Waals surface area contributed by atoms with Gasteiger partial charge in [-0.15, -0.1) is 0 Å². The van der Waals surface area contributed by atoms with Crippen LogP contribution in [0.25, 0.3) is 0 Å². The van der Waals surface area contributed by atoms with Crippen LogP contribution in [0.2, 0.25) is 0 Å². The summed E-state index contributed by atoms with van der Waals surface area (Å²) in [6, 6.07) is 6.71. The highest BCUT2D eigenvalue weighted by Crippen LogP contribution is 2.20. The molecule has 2 nitrogen and oxygen atoms in total. The summed E-state index contributed by atoms with van der Waals surface area (Å²) in [6.45, 7) is 5.85. The van der Waals surface area contributed by atoms with E-state index in [1.807, 2.05) is 0 Å². The minimum atomic E-state index is 0.274. The van der Waals surface area contributed by atoms with Gasteiger partial charge in [0.05, 0.1) is 12.6 Å². The molecular formula is C12H18BrNO. The highest BCUT2D eigenvalue weighted by atomic mass is 79.9. The van der Waals surface area contributed by atoms with Gasteiger partial charge >= 0.3 is 0 Å². The predicted molar refractivity (Wildman–Crippen MR) is 67.2 cm³/mol. The maximum absolute atomic E-state index is 5.21. The van der Waals surface area contributed by atoms with Gasteiger partial charge in [0.15, 0.2) is 0 Å². The molecule has 0 aromatic heterocycles. The first-order chi connectivity index (χ1) is 7.17. The van der Waals surface area contributed by atoms with E-state index in [4.69, 9.17) is 4.74 Å². The molecule has 1 aromatic carbocycles. The van der Waals surface area contributed by atoms with Crippen molar-refractivity contribution in [3.05, 3.63) is 33.8 Å². The van der Waals surface area contributed by atoms with Crippen molar-refractivity contribution in [1.29, 1.82) is 0 Å². The summed E-state index contributed by atoms with van der Waals surface area (Å²) in [5.74, 6) is 0. The molecule has 3 heteroatoms. The molecule has 84 valence electrons. The summed E-state index contributed by atoms with van der Waals surface area (Å²) >= 11 is 3.51. The minimum Gasteiger partial charge on any atom is -0.383 e. The zero-order valence-corrected chi connectivity index (χ0v) is 11.1. The van der Waals surface area contributed by atoms with Crippen molar-refractivity contribution in [2.45, 2.75) is 19.9 Å². The standard InChI is InChI=1S/C12H18BrNO/c1-4-14-12(8-15-3)10-5-9(2)6-11(13)7-10/h5-7,12,14H,4,8H2,1-3H3. The van der Waals surface area contributed by atoms with Crippen molar-refractivity contribution in [2.24, 2.45) is 0 Å². The van der Waals surface area contributed by atoms with Crippen LogP contribution in [-0.4, -0.2) is 20.3 Å². The topological polar surface area (TPSA) is 21.3 Å². The van der Waals surface area contributed by atoms with Crippen LogP contribution < -0.4 is 5.32 Å². The average molecular weight is 272 g/mol. The molecule has 0 heterocycles. The van der Waals surface area contributed by atoms with E-state index < -0.39 is 0 Å². The van der Waals surface area contributed by atoms with Crippen LogP contribution >= 0.6 is 15.9 Å². The lowest BCUT2D eigenvalue weighted by Crippen LogP contribution is -2.24. The SMILES string of the molecule is CCNC(COC)c1cc(C)cc(Br)c1. The molecule has 0 aliphatic rings. The Morgan fingerprint density at radius 3 is 2.67 bits per heavy atom. The second-order valence-electron chi connectivity index (χ2n) is 3.63. The van der Waals surface area contributed by atoms with Crippen molar-refractivity contribution in [3.8, 4) is 0 Å². The van der Waals surface area contributed by atoms with E-state index in [2.05, 4.69) is 53.3 Å². The lowest BCUT2D eigenvalue weighted by atomic mass is 10.1. The smallest absolute Gasteiger partial charge is 0.0657 e. The van der Waals surface area contributed by atoms with Gasteiger partial charge in [-0.05, 0) is 36.7 Å². The average Bonchev–Trinajstić information content (AvgIpc) is 2.16. The molecule has 0 bridgehead atoms. The fraction of sp³-hybridized carbons (Fsp3) is 0.500. The largest absolute Gasteiger partial charge is 0.383 e. The second kappa shape index (κ2) is 6.26. The van der Waals surface area contributed by atoms with E-state index in [9.17, 15) is 0 Å². The molecule has 0 spiro atoms. The first kappa shape index (κ1) is 12.7. The van der Waals surface area contributed by atoms with Crippen molar-refractivity contribution >= 4 is 15.9 Å². The zero-order valence-electron chi connectivity index (χ0n) is 9.51. The molecule has 0 radical (unpaired) electrons. The number of likely N-dealkylation sites (N-methyl/N-ethyl adjacent to an activating group) is 1. The van der Waals surface area contributed by atoms with E-state index in [1.54, 1.807) is 7.11 Å². The van der Waals surface area contributed by atoms with Gasteiger partial charge in [0.1, 0.15) is 0 Å². The van der Waals surface area contributed by atoms with Gasteiger partial charge < -0.3 is 10.1 Å². The van der Waals surface area contributed by atoms with Gasteiger partial charge in [0.25, 0.3) is 0 Å². The Balaban J connectivity index is 2.88. The van der Waals surface area contributed by atoms with E-state index in [0.717, 1.165) is 11.0 Å². The van der Waals surface area contributed by atoms with Crippen LogP contribution in [0.5, 0.6) is 0 Å². The van der Waals surface area contributed by atoms with Crippen molar-refractivity contribution in [3.63, 3.8) is 0 Å². The fourth-order valence-electron chi connectivity index (χ4n) is 1.65. The zero-order chi connectivity index (χ0) is 11.3. The number of nitrogens with one attached hydrogen (secondary N) is 1. The summed E-state index contributed by atoms with van der Waals surface area (Å²) in [4.78, 5) is 0. The van der Waals surface area contributed by atoms with Gasteiger partial charge in [-0.3, -0.25) is 0 Å². The predicted octanol–water partition coefficient (Wildman–Crippen LogP) is 3.05. The third kappa shape index (κ3) is 3.93. The number of methoxy groups -OCH3 is 1. The highest BCUT2D eigenvalue weighted by Gasteiger charge is 2.10. The normalized spacial score (nSPS) is 12.8. The lowest BCUT2D eigenvalue weighted by molar-refractivity contribution is 0.168. The van der Waals surface area contributed by atoms with Gasteiger partial charge in [-0.1, -0.05) is 28.9 Å². The number of hydrogen-bond acceptors (Lipinski definition) is 2. The van der Waals surface area contributed by atoms with Crippen LogP contribution in [0.15, 0.2) is 22.7 Å². The molecule has 1 rings (SSSR count). The summed E-state index contributed by atoms with van der Waals surface area (Å²) in [5, 5.41) is 3.41. The molecule has 0 saturated carbocycles. The molecule has 0 aliphatic carbocycles. The quantitative estimate of drug-likeness (QED) is 0.889. The monoisotopic (exact) mass is 271 g/mol. The van der Waals surface area contributed by atoms with E-state index in [1.165, 1.54) is 11.1 Å².